The van der Waals surface area contributed by atoms with Gasteiger partial charge in [-0.1, -0.05) is 0 Å². The Hall–Kier alpha value is 3.69. The van der Waals surface area contributed by atoms with Crippen LogP contribution in [0, 0.1) is 0 Å². The molecule has 7 heavy (non-hydrogen) atoms. The van der Waals surface area contributed by atoms with Crippen LogP contribution in [-0.4, -0.2) is 13.3 Å². The Kier molecular flexibility index (Phi) is 52.4. The summed E-state index contributed by atoms with van der Waals surface area (Å²) in [5.74, 6) is 0. The second-order valence-electron chi connectivity index (χ2n) is 0.217. The molecular weight excluding hydrogens is 190 g/mol. The molecule has 0 fully saturated rings. The van der Waals surface area contributed by atoms with Gasteiger partial charge in [-0.15, -0.1) is 0 Å². The van der Waals surface area contributed by atoms with Crippen molar-refractivity contribution in [1.29, 1.82) is 0 Å². The van der Waals surface area contributed by atoms with Crippen molar-refractivity contribution in [2.45, 2.75) is 0 Å². The fraction of sp³-hybridized carbons (Fsp3) is 0. The number of thiol groups is 1. The second kappa shape index (κ2) is 16.4. The van der Waals surface area contributed by atoms with Gasteiger partial charge in [0.25, 0.3) is 0 Å². The topological polar surface area (TPSA) is 60.4 Å². The standard InChI is InChI=1S/2K.H2O3S.H2S/c;;1-4(2)3;/h;;(H2,1,2,3);1H2/q2*+1;;/p-2. The molecule has 7 heteroatoms. The van der Waals surface area contributed by atoms with Crippen molar-refractivity contribution in [1.82, 2.24) is 0 Å². The zero-order valence-electron chi connectivity index (χ0n) is 4.12. The average Bonchev–Trinajstić information content (AvgIpc) is 0.811. The second-order valence-corrected chi connectivity index (χ2v) is 0.651. The largest absolute Gasteiger partial charge is 1.00 e. The quantitative estimate of drug-likeness (QED) is 0.179. The predicted octanol–water partition coefficient (Wildman–Crippen LogP) is -6.92. The molecule has 0 aliphatic carbocycles. The molecule has 3 nitrogen and oxygen atoms in total. The normalized spacial score (nSPS) is 8.86. The summed E-state index contributed by atoms with van der Waals surface area (Å²) in [6.07, 6.45) is 0. The Morgan fingerprint density at radius 2 is 1.43 bits per heavy atom. The van der Waals surface area contributed by atoms with Crippen molar-refractivity contribution in [3.8, 4) is 0 Å². The van der Waals surface area contributed by atoms with E-state index in [0.29, 0.717) is 0 Å². The summed E-state index contributed by atoms with van der Waals surface area (Å²) in [5.41, 5.74) is 0. The van der Waals surface area contributed by atoms with E-state index in [4.69, 9.17) is 13.3 Å². The van der Waals surface area contributed by atoms with Crippen molar-refractivity contribution >= 4 is 24.9 Å². The van der Waals surface area contributed by atoms with Gasteiger partial charge in [0.05, 0.1) is 11.4 Å². The number of hydrogen-bond acceptors (Lipinski definition) is 3. The van der Waals surface area contributed by atoms with E-state index < -0.39 is 11.4 Å². The van der Waals surface area contributed by atoms with E-state index in [9.17, 15) is 0 Å². The molecule has 0 amide bonds. The van der Waals surface area contributed by atoms with Crippen LogP contribution in [-0.2, 0) is 24.9 Å². The molecule has 1 atom stereocenters. The fourth-order valence-corrected chi connectivity index (χ4v) is 0. The predicted molar refractivity (Wildman–Crippen MR) is 20.3 cm³/mol. The Morgan fingerprint density at radius 3 is 1.43 bits per heavy atom. The monoisotopic (exact) mass is 192 g/mol. The molecule has 0 saturated heterocycles. The minimum Gasteiger partial charge on any atom is -0.813 e. The third-order valence-electron chi connectivity index (χ3n) is 0. The zero-order chi connectivity index (χ0) is 3.58. The average molecular weight is 192 g/mol. The van der Waals surface area contributed by atoms with Crippen LogP contribution in [0.25, 0.3) is 0 Å². The van der Waals surface area contributed by atoms with Gasteiger partial charge in [-0.3, -0.25) is 0 Å². The van der Waals surface area contributed by atoms with Crippen LogP contribution < -0.4 is 103 Å². The summed E-state index contributed by atoms with van der Waals surface area (Å²) >= 11 is -2.86. The first-order valence-corrected chi connectivity index (χ1v) is 1.55. The maximum Gasteiger partial charge on any atom is 1.00 e. The molecule has 0 rings (SSSR count). The van der Waals surface area contributed by atoms with E-state index in [-0.39, 0.29) is 116 Å². The molecule has 0 bridgehead atoms. The first-order chi connectivity index (χ1) is 1.73. The van der Waals surface area contributed by atoms with Crippen molar-refractivity contribution in [2.75, 3.05) is 0 Å². The zero-order valence-corrected chi connectivity index (χ0v) is 12.1. The molecule has 0 aromatic carbocycles. The van der Waals surface area contributed by atoms with Crippen LogP contribution >= 0.6 is 0 Å². The van der Waals surface area contributed by atoms with Crippen molar-refractivity contribution in [3.63, 3.8) is 0 Å². The summed E-state index contributed by atoms with van der Waals surface area (Å²) in [6, 6.07) is 0. The molecule has 0 aromatic rings. The maximum absolute atomic E-state index is 8.56. The first kappa shape index (κ1) is 22.4. The van der Waals surface area contributed by atoms with Gasteiger partial charge in [-0.2, -0.15) is 0 Å². The van der Waals surface area contributed by atoms with Crippen LogP contribution in [0.3, 0.4) is 0 Å². The summed E-state index contributed by atoms with van der Waals surface area (Å²) in [6.45, 7) is 0. The van der Waals surface area contributed by atoms with Crippen LogP contribution in [0.2, 0.25) is 0 Å². The summed E-state index contributed by atoms with van der Waals surface area (Å²) < 4.78 is 24.1. The molecule has 0 aliphatic heterocycles. The maximum atomic E-state index is 8.56. The van der Waals surface area contributed by atoms with E-state index >= 15 is 0 Å². The van der Waals surface area contributed by atoms with E-state index in [0.717, 1.165) is 0 Å². The van der Waals surface area contributed by atoms with Gasteiger partial charge < -0.3 is 22.6 Å². The molecule has 0 heterocycles. The minimum absolute atomic E-state index is 0. The van der Waals surface area contributed by atoms with Crippen LogP contribution in [0.1, 0.15) is 0 Å². The summed E-state index contributed by atoms with van der Waals surface area (Å²) in [7, 11) is 0. The molecule has 0 aliphatic rings. The van der Waals surface area contributed by atoms with E-state index in [1.54, 1.807) is 0 Å². The van der Waals surface area contributed by atoms with Crippen molar-refractivity contribution in [3.05, 3.63) is 0 Å². The Balaban J connectivity index is -0.0000000150. The van der Waals surface area contributed by atoms with Crippen molar-refractivity contribution < 1.29 is 116 Å². The van der Waals surface area contributed by atoms with Crippen LogP contribution in [0.4, 0.5) is 0 Å². The number of hydrogen-bond donors (Lipinski definition) is 1. The number of rotatable bonds is 0. The van der Waals surface area contributed by atoms with E-state index in [1.807, 2.05) is 0 Å². The van der Waals surface area contributed by atoms with E-state index in [2.05, 4.69) is 0 Å². The van der Waals surface area contributed by atoms with Gasteiger partial charge >= 0.3 is 103 Å². The Bertz CT molecular complexity index is 33.9. The third kappa shape index (κ3) is 42.1. The Morgan fingerprint density at radius 1 is 1.43 bits per heavy atom. The van der Waals surface area contributed by atoms with Gasteiger partial charge in [-0.05, 0) is 0 Å². The van der Waals surface area contributed by atoms with Crippen LogP contribution in [0.5, 0.6) is 0 Å². The summed E-state index contributed by atoms with van der Waals surface area (Å²) in [5, 5.41) is 0. The first-order valence-electron chi connectivity index (χ1n) is 0.516. The third-order valence-corrected chi connectivity index (χ3v) is 0. The smallest absolute Gasteiger partial charge is 0.813 e. The van der Waals surface area contributed by atoms with Crippen LogP contribution in [0.15, 0.2) is 0 Å². The fourth-order valence-electron chi connectivity index (χ4n) is 0. The molecule has 0 aromatic heterocycles. The van der Waals surface area contributed by atoms with Gasteiger partial charge in [0.2, 0.25) is 0 Å². The van der Waals surface area contributed by atoms with Gasteiger partial charge in [0.15, 0.2) is 0 Å². The van der Waals surface area contributed by atoms with Gasteiger partial charge in [0, 0.05) is 0 Å². The van der Waals surface area contributed by atoms with E-state index in [1.165, 1.54) is 0 Å². The molecule has 0 radical (unpaired) electrons. The SMILES string of the molecule is O=S([O-])O.[K+].[K+].[SH-]. The molecule has 0 saturated carbocycles. The van der Waals surface area contributed by atoms with Crippen molar-refractivity contribution in [2.24, 2.45) is 0 Å². The van der Waals surface area contributed by atoms with Gasteiger partial charge in [0.1, 0.15) is 0 Å². The minimum atomic E-state index is -2.86. The Labute approximate surface area is 137 Å². The molecule has 1 unspecified atom stereocenters. The molecule has 34 valence electrons. The summed E-state index contributed by atoms with van der Waals surface area (Å²) in [4.78, 5) is 0. The molecular formula is H2K2O3S2. The van der Waals surface area contributed by atoms with Gasteiger partial charge in [-0.25, -0.2) is 4.21 Å². The molecule has 0 spiro atoms. The molecule has 1 N–H and O–H groups in total.